The Bertz CT molecular complexity index is 897. The fourth-order valence-corrected chi connectivity index (χ4v) is 2.57. The molecule has 0 spiro atoms. The number of nitrogens with zero attached hydrogens (tertiary/aromatic N) is 1. The molecule has 1 aliphatic rings. The number of furan rings is 1. The van der Waals surface area contributed by atoms with Gasteiger partial charge in [-0.05, 0) is 12.1 Å². The van der Waals surface area contributed by atoms with Gasteiger partial charge in [-0.15, -0.1) is 0 Å². The van der Waals surface area contributed by atoms with Crippen molar-refractivity contribution in [1.82, 2.24) is 0 Å². The van der Waals surface area contributed by atoms with Gasteiger partial charge < -0.3 is 14.8 Å². The maximum absolute atomic E-state index is 12.0. The van der Waals surface area contributed by atoms with Crippen molar-refractivity contribution in [2.45, 2.75) is 6.23 Å². The third-order valence-electron chi connectivity index (χ3n) is 3.59. The van der Waals surface area contributed by atoms with Crippen molar-refractivity contribution in [3.05, 3.63) is 65.9 Å². The van der Waals surface area contributed by atoms with Crippen LogP contribution >= 0.6 is 0 Å². The van der Waals surface area contributed by atoms with Crippen LogP contribution in [-0.2, 0) is 4.79 Å². The molecule has 3 aromatic rings. The average Bonchev–Trinajstić information content (AvgIpc) is 2.86. The Morgan fingerprint density at radius 1 is 1.05 bits per heavy atom. The van der Waals surface area contributed by atoms with Crippen molar-refractivity contribution in [2.75, 3.05) is 5.32 Å². The van der Waals surface area contributed by atoms with E-state index >= 15 is 0 Å². The minimum Gasteiger partial charge on any atom is -0.452 e. The topological polar surface area (TPSA) is 74.8 Å². The zero-order valence-electron chi connectivity index (χ0n) is 11.5. The number of aliphatic hydroxyl groups is 1. The molecule has 22 heavy (non-hydrogen) atoms. The molecule has 2 heterocycles. The average molecular weight is 292 g/mol. The van der Waals surface area contributed by atoms with Crippen LogP contribution in [0.25, 0.3) is 11.0 Å². The summed E-state index contributed by atoms with van der Waals surface area (Å²) in [4.78, 5) is 16.1. The van der Waals surface area contributed by atoms with E-state index in [-0.39, 0.29) is 0 Å². The monoisotopic (exact) mass is 292 g/mol. The molecule has 0 bridgehead atoms. The van der Waals surface area contributed by atoms with Crippen LogP contribution in [0.2, 0.25) is 0 Å². The van der Waals surface area contributed by atoms with Crippen molar-refractivity contribution >= 4 is 28.3 Å². The molecule has 5 nitrogen and oxygen atoms in total. The van der Waals surface area contributed by atoms with Gasteiger partial charge in [0.25, 0.3) is 5.91 Å². The largest absolute Gasteiger partial charge is 0.452 e. The zero-order chi connectivity index (χ0) is 15.1. The van der Waals surface area contributed by atoms with Crippen molar-refractivity contribution in [3.8, 4) is 0 Å². The molecule has 0 aliphatic carbocycles. The molecular weight excluding hydrogens is 280 g/mol. The molecule has 5 heteroatoms. The molecule has 108 valence electrons. The molecule has 1 atom stereocenters. The minimum absolute atomic E-state index is 0.456. The first-order chi connectivity index (χ1) is 10.7. The number of anilines is 1. The highest BCUT2D eigenvalue weighted by Crippen LogP contribution is 2.34. The Hall–Kier alpha value is -2.92. The first kappa shape index (κ1) is 12.8. The normalized spacial score (nSPS) is 17.6. The summed E-state index contributed by atoms with van der Waals surface area (Å²) in [5.74, 6) is -0.115. The summed E-state index contributed by atoms with van der Waals surface area (Å²) in [5.41, 5.74) is 2.43. The van der Waals surface area contributed by atoms with Gasteiger partial charge in [0.2, 0.25) is 6.23 Å². The van der Waals surface area contributed by atoms with E-state index in [1.807, 2.05) is 54.6 Å². The SMILES string of the molecule is O=C1Nc2c(oc3ccccc23)C(c2ccccc2)=NC1O. The Kier molecular flexibility index (Phi) is 2.80. The summed E-state index contributed by atoms with van der Waals surface area (Å²) in [6, 6.07) is 16.8. The van der Waals surface area contributed by atoms with Crippen molar-refractivity contribution < 1.29 is 14.3 Å². The van der Waals surface area contributed by atoms with Crippen LogP contribution in [0.1, 0.15) is 11.3 Å². The third kappa shape index (κ3) is 1.91. The van der Waals surface area contributed by atoms with Gasteiger partial charge in [0.1, 0.15) is 11.3 Å². The lowest BCUT2D eigenvalue weighted by atomic mass is 10.1. The summed E-state index contributed by atoms with van der Waals surface area (Å²) >= 11 is 0. The first-order valence-corrected chi connectivity index (χ1v) is 6.88. The van der Waals surface area contributed by atoms with Crippen LogP contribution in [0.3, 0.4) is 0 Å². The van der Waals surface area contributed by atoms with E-state index < -0.39 is 12.1 Å². The number of fused-ring (bicyclic) bond motifs is 3. The smallest absolute Gasteiger partial charge is 0.276 e. The van der Waals surface area contributed by atoms with Crippen LogP contribution in [0.4, 0.5) is 5.69 Å². The Labute approximate surface area is 125 Å². The Morgan fingerprint density at radius 2 is 1.77 bits per heavy atom. The van der Waals surface area contributed by atoms with Crippen molar-refractivity contribution in [1.29, 1.82) is 0 Å². The first-order valence-electron chi connectivity index (χ1n) is 6.88. The second-order valence-electron chi connectivity index (χ2n) is 5.01. The van der Waals surface area contributed by atoms with E-state index in [2.05, 4.69) is 10.3 Å². The Balaban J connectivity index is 2.02. The van der Waals surface area contributed by atoms with Gasteiger partial charge in [-0.25, -0.2) is 4.99 Å². The van der Waals surface area contributed by atoms with Crippen molar-refractivity contribution in [3.63, 3.8) is 0 Å². The number of carbonyl (C=O) groups is 1. The van der Waals surface area contributed by atoms with Gasteiger partial charge in [-0.1, -0.05) is 42.5 Å². The number of carbonyl (C=O) groups excluding carboxylic acids is 1. The molecule has 4 rings (SSSR count). The van der Waals surface area contributed by atoms with Gasteiger partial charge in [0.05, 0.1) is 5.69 Å². The molecule has 1 aliphatic heterocycles. The number of aliphatic imine (C=N–C) groups is 1. The quantitative estimate of drug-likeness (QED) is 0.723. The summed E-state index contributed by atoms with van der Waals surface area (Å²) in [5, 5.41) is 13.4. The van der Waals surface area contributed by atoms with E-state index in [1.165, 1.54) is 0 Å². The molecule has 0 fully saturated rings. The predicted octanol–water partition coefficient (Wildman–Crippen LogP) is 2.54. The summed E-state index contributed by atoms with van der Waals surface area (Å²) in [6.07, 6.45) is -1.46. The Morgan fingerprint density at radius 3 is 2.59 bits per heavy atom. The van der Waals surface area contributed by atoms with E-state index in [9.17, 15) is 9.90 Å². The standard InChI is InChI=1S/C17H12N2O3/c20-16-17(21)19-14-11-8-4-5-9-12(11)22-15(14)13(18-16)10-6-2-1-3-7-10/h1-9,16,20H,(H,19,21). The molecule has 1 aromatic heterocycles. The highest BCUT2D eigenvalue weighted by molar-refractivity contribution is 6.21. The van der Waals surface area contributed by atoms with Crippen LogP contribution in [-0.4, -0.2) is 23.0 Å². The number of aliphatic hydroxyl groups excluding tert-OH is 1. The molecular formula is C17H12N2O3. The van der Waals surface area contributed by atoms with Crippen LogP contribution in [0.15, 0.2) is 64.0 Å². The lowest BCUT2D eigenvalue weighted by Crippen LogP contribution is -2.24. The highest BCUT2D eigenvalue weighted by atomic mass is 16.3. The third-order valence-corrected chi connectivity index (χ3v) is 3.59. The number of benzene rings is 2. The molecule has 0 radical (unpaired) electrons. The second kappa shape index (κ2) is 4.82. The number of amides is 1. The molecule has 1 unspecified atom stereocenters. The predicted molar refractivity (Wildman–Crippen MR) is 82.9 cm³/mol. The molecule has 2 N–H and O–H groups in total. The maximum atomic E-state index is 12.0. The highest BCUT2D eigenvalue weighted by Gasteiger charge is 2.28. The van der Waals surface area contributed by atoms with Crippen LogP contribution < -0.4 is 5.32 Å². The molecule has 1 amide bonds. The molecule has 0 saturated carbocycles. The zero-order valence-corrected chi connectivity index (χ0v) is 11.5. The van der Waals surface area contributed by atoms with Crippen molar-refractivity contribution in [2.24, 2.45) is 4.99 Å². The summed E-state index contributed by atoms with van der Waals surface area (Å²) in [7, 11) is 0. The van der Waals surface area contributed by atoms with E-state index in [1.54, 1.807) is 0 Å². The second-order valence-corrected chi connectivity index (χ2v) is 5.01. The van der Waals surface area contributed by atoms with Gasteiger partial charge >= 0.3 is 0 Å². The lowest BCUT2D eigenvalue weighted by Gasteiger charge is -2.04. The number of nitrogens with one attached hydrogen (secondary N) is 1. The van der Waals surface area contributed by atoms with E-state index in [0.717, 1.165) is 10.9 Å². The number of hydrogen-bond acceptors (Lipinski definition) is 4. The minimum atomic E-state index is -1.46. The summed E-state index contributed by atoms with van der Waals surface area (Å²) < 4.78 is 5.88. The molecule has 2 aromatic carbocycles. The summed E-state index contributed by atoms with van der Waals surface area (Å²) in [6.45, 7) is 0. The fourth-order valence-electron chi connectivity index (χ4n) is 2.57. The lowest BCUT2D eigenvalue weighted by molar-refractivity contribution is -0.123. The maximum Gasteiger partial charge on any atom is 0.276 e. The fraction of sp³-hybridized carbons (Fsp3) is 0.0588. The van der Waals surface area contributed by atoms with E-state index in [4.69, 9.17) is 4.42 Å². The van der Waals surface area contributed by atoms with E-state index in [0.29, 0.717) is 22.7 Å². The van der Waals surface area contributed by atoms with Crippen LogP contribution in [0, 0.1) is 0 Å². The van der Waals surface area contributed by atoms with Gasteiger partial charge in [-0.3, -0.25) is 4.79 Å². The van der Waals surface area contributed by atoms with Crippen LogP contribution in [0.5, 0.6) is 0 Å². The molecule has 0 saturated heterocycles. The van der Waals surface area contributed by atoms with Gasteiger partial charge in [0, 0.05) is 10.9 Å². The van der Waals surface area contributed by atoms with Gasteiger partial charge in [0.15, 0.2) is 5.76 Å². The number of hydrogen-bond donors (Lipinski definition) is 2. The number of para-hydroxylation sites is 1. The van der Waals surface area contributed by atoms with Gasteiger partial charge in [-0.2, -0.15) is 0 Å². The number of rotatable bonds is 1.